The highest BCUT2D eigenvalue weighted by Gasteiger charge is 2.50. The second kappa shape index (κ2) is 9.97. The lowest BCUT2D eigenvalue weighted by molar-refractivity contribution is -0.143. The quantitative estimate of drug-likeness (QED) is 0.379. The molecule has 1 heterocycles. The van der Waals surface area contributed by atoms with Crippen molar-refractivity contribution in [3.05, 3.63) is 64.2 Å². The summed E-state index contributed by atoms with van der Waals surface area (Å²) in [7, 11) is 0. The summed E-state index contributed by atoms with van der Waals surface area (Å²) >= 11 is 0. The maximum atomic E-state index is 13.5. The number of hydrogen-bond acceptors (Lipinski definition) is 3. The molecule has 2 aromatic carbocycles. The predicted octanol–water partition coefficient (Wildman–Crippen LogP) is 7.37. The van der Waals surface area contributed by atoms with Gasteiger partial charge in [-0.25, -0.2) is 4.79 Å². The molecule has 0 bridgehead atoms. The smallest absolute Gasteiger partial charge is 0.416 e. The predicted molar refractivity (Wildman–Crippen MR) is 118 cm³/mol. The van der Waals surface area contributed by atoms with Gasteiger partial charge in [-0.1, -0.05) is 0 Å². The fraction of sp³-hybridized carbons (Fsp3) is 0.480. The largest absolute Gasteiger partial charge is 0.449 e. The first-order valence-electron chi connectivity index (χ1n) is 11.8. The normalized spacial score (nSPS) is 20.0. The van der Waals surface area contributed by atoms with E-state index < -0.39 is 59.8 Å². The Bertz CT molecular complexity index is 1150. The molecular formula is C25H23F9N2O2. The lowest BCUT2D eigenvalue weighted by Gasteiger charge is -2.28. The van der Waals surface area contributed by atoms with Crippen LogP contribution in [0.1, 0.15) is 53.5 Å². The van der Waals surface area contributed by atoms with E-state index in [9.17, 15) is 44.3 Å². The molecule has 2 aromatic rings. The summed E-state index contributed by atoms with van der Waals surface area (Å²) < 4.78 is 125. The first-order valence-corrected chi connectivity index (χ1v) is 11.8. The van der Waals surface area contributed by atoms with Crippen LogP contribution in [-0.4, -0.2) is 25.3 Å². The third-order valence-electron chi connectivity index (χ3n) is 6.63. The molecule has 13 heteroatoms. The van der Waals surface area contributed by atoms with Crippen molar-refractivity contribution in [2.45, 2.75) is 56.8 Å². The molecule has 4 rings (SSSR count). The third-order valence-corrected chi connectivity index (χ3v) is 6.63. The van der Waals surface area contributed by atoms with E-state index >= 15 is 0 Å². The average Bonchev–Trinajstić information content (AvgIpc) is 3.59. The molecule has 208 valence electrons. The Labute approximate surface area is 211 Å². The van der Waals surface area contributed by atoms with E-state index in [0.717, 1.165) is 12.1 Å². The van der Waals surface area contributed by atoms with Crippen LogP contribution in [0.25, 0.3) is 0 Å². The van der Waals surface area contributed by atoms with Gasteiger partial charge in [-0.05, 0) is 73.2 Å². The second-order valence-corrected chi connectivity index (χ2v) is 9.32. The van der Waals surface area contributed by atoms with Crippen molar-refractivity contribution < 1.29 is 49.0 Å². The van der Waals surface area contributed by atoms with Crippen molar-refractivity contribution in [2.75, 3.05) is 18.1 Å². The van der Waals surface area contributed by atoms with E-state index in [1.54, 1.807) is 6.92 Å². The van der Waals surface area contributed by atoms with Gasteiger partial charge in [-0.2, -0.15) is 39.5 Å². The fourth-order valence-corrected chi connectivity index (χ4v) is 4.89. The highest BCUT2D eigenvalue weighted by molar-refractivity contribution is 5.92. The first-order chi connectivity index (χ1) is 17.6. The van der Waals surface area contributed by atoms with E-state index in [-0.39, 0.29) is 42.0 Å². The van der Waals surface area contributed by atoms with Crippen LogP contribution in [0.3, 0.4) is 0 Å². The number of rotatable bonds is 6. The number of anilines is 1. The number of halogens is 9. The first kappa shape index (κ1) is 28.1. The minimum atomic E-state index is -5.01. The number of nitrogens with one attached hydrogen (secondary N) is 1. The van der Waals surface area contributed by atoms with E-state index in [2.05, 4.69) is 5.32 Å². The Morgan fingerprint density at radius 3 is 1.97 bits per heavy atom. The Hall–Kier alpha value is -2.96. The van der Waals surface area contributed by atoms with Crippen molar-refractivity contribution in [3.8, 4) is 0 Å². The Balaban J connectivity index is 1.64. The molecule has 38 heavy (non-hydrogen) atoms. The highest BCUT2D eigenvalue weighted by Crippen LogP contribution is 2.51. The molecule has 1 aliphatic heterocycles. The SMILES string of the molecule is CCOC(=O)N1c2ccc(C(F)(F)F)cc2C(CNCc2cc(C(F)(F)F)cc(C(F)(F)F)c2)C1C1CC1. The molecule has 1 amide bonds. The number of ether oxygens (including phenoxy) is 1. The van der Waals surface area contributed by atoms with Gasteiger partial charge in [0.05, 0.1) is 35.0 Å². The van der Waals surface area contributed by atoms with Gasteiger partial charge in [0, 0.05) is 19.0 Å². The molecule has 0 aromatic heterocycles. The summed E-state index contributed by atoms with van der Waals surface area (Å²) in [4.78, 5) is 14.1. The van der Waals surface area contributed by atoms with Crippen LogP contribution in [0.5, 0.6) is 0 Å². The Kier molecular flexibility index (Phi) is 7.36. The number of amides is 1. The van der Waals surface area contributed by atoms with Crippen molar-refractivity contribution in [1.82, 2.24) is 5.32 Å². The van der Waals surface area contributed by atoms with Crippen LogP contribution >= 0.6 is 0 Å². The van der Waals surface area contributed by atoms with Crippen LogP contribution in [0.2, 0.25) is 0 Å². The molecule has 2 unspecified atom stereocenters. The molecule has 1 N–H and O–H groups in total. The van der Waals surface area contributed by atoms with Crippen molar-refractivity contribution in [2.24, 2.45) is 5.92 Å². The number of carbonyl (C=O) groups excluding carboxylic acids is 1. The maximum absolute atomic E-state index is 13.5. The molecule has 1 saturated carbocycles. The molecule has 0 radical (unpaired) electrons. The Morgan fingerprint density at radius 1 is 0.895 bits per heavy atom. The van der Waals surface area contributed by atoms with Gasteiger partial charge in [-0.15, -0.1) is 0 Å². The van der Waals surface area contributed by atoms with Gasteiger partial charge >= 0.3 is 24.6 Å². The van der Waals surface area contributed by atoms with Crippen molar-refractivity contribution >= 4 is 11.8 Å². The van der Waals surface area contributed by atoms with E-state index in [1.807, 2.05) is 0 Å². The molecule has 0 spiro atoms. The van der Waals surface area contributed by atoms with Crippen LogP contribution in [0.15, 0.2) is 36.4 Å². The van der Waals surface area contributed by atoms with Crippen LogP contribution < -0.4 is 10.2 Å². The zero-order chi connectivity index (χ0) is 28.0. The van der Waals surface area contributed by atoms with E-state index in [4.69, 9.17) is 4.74 Å². The summed E-state index contributed by atoms with van der Waals surface area (Å²) in [5, 5.41) is 2.81. The number of benzene rings is 2. The zero-order valence-corrected chi connectivity index (χ0v) is 19.9. The topological polar surface area (TPSA) is 41.6 Å². The van der Waals surface area contributed by atoms with Gasteiger partial charge < -0.3 is 10.1 Å². The molecule has 4 nitrogen and oxygen atoms in total. The van der Waals surface area contributed by atoms with Gasteiger partial charge in [0.25, 0.3) is 0 Å². The van der Waals surface area contributed by atoms with E-state index in [1.165, 1.54) is 11.0 Å². The minimum absolute atomic E-state index is 0.0235. The monoisotopic (exact) mass is 554 g/mol. The summed E-state index contributed by atoms with van der Waals surface area (Å²) in [6, 6.07) is 3.61. The second-order valence-electron chi connectivity index (χ2n) is 9.32. The van der Waals surface area contributed by atoms with Gasteiger partial charge in [-0.3, -0.25) is 4.90 Å². The molecule has 0 saturated heterocycles. The molecule has 1 aliphatic carbocycles. The minimum Gasteiger partial charge on any atom is -0.449 e. The maximum Gasteiger partial charge on any atom is 0.416 e. The van der Waals surface area contributed by atoms with Crippen molar-refractivity contribution in [1.29, 1.82) is 0 Å². The summed E-state index contributed by atoms with van der Waals surface area (Å²) in [5.74, 6) is -0.740. The Morgan fingerprint density at radius 2 is 1.47 bits per heavy atom. The van der Waals surface area contributed by atoms with E-state index in [0.29, 0.717) is 25.0 Å². The van der Waals surface area contributed by atoms with Gasteiger partial charge in [0.1, 0.15) is 0 Å². The number of nitrogens with zero attached hydrogens (tertiary/aromatic N) is 1. The number of hydrogen-bond donors (Lipinski definition) is 1. The van der Waals surface area contributed by atoms with Crippen LogP contribution in [-0.2, 0) is 29.8 Å². The average molecular weight is 554 g/mol. The summed E-state index contributed by atoms with van der Waals surface area (Å²) in [6.07, 6.45) is -14.0. The third kappa shape index (κ3) is 5.87. The van der Waals surface area contributed by atoms with Gasteiger partial charge in [0.15, 0.2) is 0 Å². The molecule has 2 atom stereocenters. The lowest BCUT2D eigenvalue weighted by atomic mass is 9.90. The summed E-state index contributed by atoms with van der Waals surface area (Å²) in [5.41, 5.74) is -3.71. The van der Waals surface area contributed by atoms with Crippen molar-refractivity contribution in [3.63, 3.8) is 0 Å². The summed E-state index contributed by atoms with van der Waals surface area (Å²) in [6.45, 7) is 1.11. The number of alkyl halides is 9. The lowest BCUT2D eigenvalue weighted by Crippen LogP contribution is -2.43. The standard InChI is InChI=1S/C25H23F9N2O2/c1-2-38-22(37)36-20-6-5-15(23(26,27)28)10-18(20)19(21(36)14-3-4-14)12-35-11-13-7-16(24(29,30)31)9-17(8-13)25(32,33)34/h5-10,14,19,21,35H,2-4,11-12H2,1H3. The van der Waals surface area contributed by atoms with Crippen LogP contribution in [0, 0.1) is 5.92 Å². The fourth-order valence-electron chi connectivity index (χ4n) is 4.89. The number of carbonyl (C=O) groups is 1. The van der Waals surface area contributed by atoms with Gasteiger partial charge in [0.2, 0.25) is 0 Å². The number of fused-ring (bicyclic) bond motifs is 1. The molecule has 2 aliphatic rings. The van der Waals surface area contributed by atoms with Crippen LogP contribution in [0.4, 0.5) is 50.0 Å². The highest BCUT2D eigenvalue weighted by atomic mass is 19.4. The molecular weight excluding hydrogens is 531 g/mol. The zero-order valence-electron chi connectivity index (χ0n) is 19.9. The molecule has 1 fully saturated rings.